The number of aryl methyl sites for hydroxylation is 1. The van der Waals surface area contributed by atoms with Crippen LogP contribution in [-0.4, -0.2) is 67.6 Å². The number of aliphatic hydroxyl groups is 1. The molecule has 0 aromatic heterocycles. The molecule has 1 aromatic rings. The maximum absolute atomic E-state index is 13.4. The minimum absolute atomic E-state index is 0.0131. The predicted octanol–water partition coefficient (Wildman–Crippen LogP) is 1.63. The summed E-state index contributed by atoms with van der Waals surface area (Å²) < 4.78 is 16.7. The Morgan fingerprint density at radius 2 is 2.12 bits per heavy atom. The van der Waals surface area contributed by atoms with Gasteiger partial charge in [-0.15, -0.1) is 0 Å². The second kappa shape index (κ2) is 6.83. The summed E-state index contributed by atoms with van der Waals surface area (Å²) in [4.78, 5) is 15.4. The summed E-state index contributed by atoms with van der Waals surface area (Å²) in [6, 6.07) is 5.65. The SMILES string of the molecule is COc1ccc(C)cc1C(=O)N1C[C@@H]2COCC[C@]2(O)[C@H]2COCC[C@H]21. The summed E-state index contributed by atoms with van der Waals surface area (Å²) in [7, 11) is 1.59. The number of nitrogens with zero attached hydrogens (tertiary/aromatic N) is 1. The van der Waals surface area contributed by atoms with Gasteiger partial charge >= 0.3 is 0 Å². The Bertz CT molecular complexity index is 693. The van der Waals surface area contributed by atoms with E-state index in [1.165, 1.54) is 0 Å². The van der Waals surface area contributed by atoms with Crippen LogP contribution in [0.5, 0.6) is 5.75 Å². The Morgan fingerprint density at radius 3 is 2.92 bits per heavy atom. The Morgan fingerprint density at radius 1 is 1.31 bits per heavy atom. The largest absolute Gasteiger partial charge is 0.496 e. The third-order valence-electron chi connectivity index (χ3n) is 6.30. The van der Waals surface area contributed by atoms with Crippen LogP contribution in [0.4, 0.5) is 0 Å². The van der Waals surface area contributed by atoms with Crippen LogP contribution >= 0.6 is 0 Å². The van der Waals surface area contributed by atoms with Gasteiger partial charge in [-0.1, -0.05) is 11.6 Å². The highest BCUT2D eigenvalue weighted by Gasteiger charge is 2.56. The van der Waals surface area contributed by atoms with Gasteiger partial charge in [0.15, 0.2) is 0 Å². The zero-order valence-electron chi connectivity index (χ0n) is 15.4. The van der Waals surface area contributed by atoms with E-state index in [1.807, 2.05) is 30.0 Å². The van der Waals surface area contributed by atoms with E-state index < -0.39 is 5.60 Å². The zero-order valence-corrected chi connectivity index (χ0v) is 15.4. The molecule has 0 saturated carbocycles. The van der Waals surface area contributed by atoms with Gasteiger partial charge < -0.3 is 24.2 Å². The van der Waals surface area contributed by atoms with Gasteiger partial charge in [-0.2, -0.15) is 0 Å². The highest BCUT2D eigenvalue weighted by molar-refractivity contribution is 5.97. The number of benzene rings is 1. The van der Waals surface area contributed by atoms with E-state index in [4.69, 9.17) is 14.2 Å². The predicted molar refractivity (Wildman–Crippen MR) is 95.4 cm³/mol. The van der Waals surface area contributed by atoms with Crippen LogP contribution in [0.25, 0.3) is 0 Å². The van der Waals surface area contributed by atoms with Crippen molar-refractivity contribution in [1.82, 2.24) is 4.90 Å². The molecule has 3 heterocycles. The first-order valence-corrected chi connectivity index (χ1v) is 9.38. The Labute approximate surface area is 154 Å². The van der Waals surface area contributed by atoms with Crippen molar-refractivity contribution in [2.24, 2.45) is 11.8 Å². The molecule has 1 N–H and O–H groups in total. The molecule has 0 bridgehead atoms. The van der Waals surface area contributed by atoms with Crippen molar-refractivity contribution in [2.45, 2.75) is 31.4 Å². The third kappa shape index (κ3) is 2.80. The van der Waals surface area contributed by atoms with Crippen molar-refractivity contribution in [2.75, 3.05) is 40.1 Å². The third-order valence-corrected chi connectivity index (χ3v) is 6.30. The standard InChI is InChI=1S/C20H27NO5/c1-13-3-4-18(24-2)15(9-13)19(22)21-10-14-11-26-8-6-20(14,23)16-12-25-7-5-17(16)21/h3-4,9,14,16-17,23H,5-8,10-12H2,1-2H3/t14-,16+,17-,20-/m1/s1. The van der Waals surface area contributed by atoms with Crippen LogP contribution in [0.2, 0.25) is 0 Å². The number of hydrogen-bond acceptors (Lipinski definition) is 5. The second-order valence-corrected chi connectivity index (χ2v) is 7.71. The van der Waals surface area contributed by atoms with Gasteiger partial charge in [-0.25, -0.2) is 0 Å². The number of carbonyl (C=O) groups is 1. The quantitative estimate of drug-likeness (QED) is 0.867. The molecule has 0 radical (unpaired) electrons. The van der Waals surface area contributed by atoms with E-state index in [9.17, 15) is 9.90 Å². The molecule has 3 saturated heterocycles. The van der Waals surface area contributed by atoms with E-state index in [2.05, 4.69) is 0 Å². The van der Waals surface area contributed by atoms with Crippen molar-refractivity contribution >= 4 is 5.91 Å². The molecular weight excluding hydrogens is 334 g/mol. The van der Waals surface area contributed by atoms with Gasteiger partial charge in [0.1, 0.15) is 5.75 Å². The lowest BCUT2D eigenvalue weighted by Gasteiger charge is -2.57. The average molecular weight is 361 g/mol. The van der Waals surface area contributed by atoms with E-state index in [0.717, 1.165) is 12.0 Å². The Balaban J connectivity index is 1.69. The van der Waals surface area contributed by atoms with Crippen molar-refractivity contribution in [3.8, 4) is 5.75 Å². The van der Waals surface area contributed by atoms with Gasteiger partial charge in [0.05, 0.1) is 31.5 Å². The van der Waals surface area contributed by atoms with Crippen LogP contribution in [0.3, 0.4) is 0 Å². The highest BCUT2D eigenvalue weighted by atomic mass is 16.5. The summed E-state index contributed by atoms with van der Waals surface area (Å²) in [5, 5.41) is 11.4. The van der Waals surface area contributed by atoms with Gasteiger partial charge in [0, 0.05) is 44.1 Å². The van der Waals surface area contributed by atoms with Gasteiger partial charge in [0.25, 0.3) is 5.91 Å². The number of rotatable bonds is 2. The molecule has 0 aliphatic carbocycles. The Hall–Kier alpha value is -1.63. The van der Waals surface area contributed by atoms with Crippen LogP contribution in [0.1, 0.15) is 28.8 Å². The lowest BCUT2D eigenvalue weighted by atomic mass is 9.66. The highest BCUT2D eigenvalue weighted by Crippen LogP contribution is 2.45. The number of methoxy groups -OCH3 is 1. The fourth-order valence-corrected chi connectivity index (χ4v) is 4.84. The summed E-state index contributed by atoms with van der Waals surface area (Å²) in [5.41, 5.74) is 0.795. The van der Waals surface area contributed by atoms with Crippen LogP contribution in [0, 0.1) is 18.8 Å². The molecule has 6 nitrogen and oxygen atoms in total. The van der Waals surface area contributed by atoms with Crippen LogP contribution < -0.4 is 4.74 Å². The van der Waals surface area contributed by atoms with Gasteiger partial charge in [0.2, 0.25) is 0 Å². The number of carbonyl (C=O) groups excluding carboxylic acids is 1. The maximum Gasteiger partial charge on any atom is 0.257 e. The molecule has 1 amide bonds. The molecular formula is C20H27NO5. The average Bonchev–Trinajstić information content (AvgIpc) is 2.67. The number of piperidine rings is 1. The zero-order chi connectivity index (χ0) is 18.3. The minimum atomic E-state index is -0.809. The molecule has 0 unspecified atom stereocenters. The van der Waals surface area contributed by atoms with Crippen molar-refractivity contribution in [1.29, 1.82) is 0 Å². The monoisotopic (exact) mass is 361 g/mol. The number of fused-ring (bicyclic) bond motifs is 3. The topological polar surface area (TPSA) is 68.2 Å². The Kier molecular flexibility index (Phi) is 4.67. The molecule has 4 rings (SSSR count). The molecule has 6 heteroatoms. The molecule has 0 spiro atoms. The van der Waals surface area contributed by atoms with Crippen molar-refractivity contribution < 1.29 is 24.1 Å². The lowest BCUT2D eigenvalue weighted by molar-refractivity contribution is -0.212. The normalized spacial score (nSPS) is 34.0. The van der Waals surface area contributed by atoms with Crippen LogP contribution in [-0.2, 0) is 9.47 Å². The number of ether oxygens (including phenoxy) is 3. The first-order chi connectivity index (χ1) is 12.5. The smallest absolute Gasteiger partial charge is 0.257 e. The minimum Gasteiger partial charge on any atom is -0.496 e. The number of hydrogen-bond donors (Lipinski definition) is 1. The van der Waals surface area contributed by atoms with E-state index in [-0.39, 0.29) is 23.8 Å². The summed E-state index contributed by atoms with van der Waals surface area (Å²) in [6.07, 6.45) is 1.36. The maximum atomic E-state index is 13.4. The van der Waals surface area contributed by atoms with E-state index >= 15 is 0 Å². The van der Waals surface area contributed by atoms with Gasteiger partial charge in [-0.3, -0.25) is 4.79 Å². The summed E-state index contributed by atoms with van der Waals surface area (Å²) in [5.74, 6) is 0.401. The lowest BCUT2D eigenvalue weighted by Crippen LogP contribution is -2.68. The van der Waals surface area contributed by atoms with Crippen molar-refractivity contribution in [3.05, 3.63) is 29.3 Å². The van der Waals surface area contributed by atoms with E-state index in [1.54, 1.807) is 7.11 Å². The van der Waals surface area contributed by atoms with E-state index in [0.29, 0.717) is 50.7 Å². The number of likely N-dealkylation sites (tertiary alicyclic amines) is 1. The molecule has 1 aromatic carbocycles. The summed E-state index contributed by atoms with van der Waals surface area (Å²) in [6.45, 7) is 4.63. The molecule has 3 fully saturated rings. The first-order valence-electron chi connectivity index (χ1n) is 9.38. The fourth-order valence-electron chi connectivity index (χ4n) is 4.84. The van der Waals surface area contributed by atoms with Gasteiger partial charge in [-0.05, 0) is 25.5 Å². The second-order valence-electron chi connectivity index (χ2n) is 7.71. The first kappa shape index (κ1) is 17.8. The van der Waals surface area contributed by atoms with Crippen LogP contribution in [0.15, 0.2) is 18.2 Å². The summed E-state index contributed by atoms with van der Waals surface area (Å²) >= 11 is 0. The molecule has 3 aliphatic heterocycles. The fraction of sp³-hybridized carbons (Fsp3) is 0.650. The van der Waals surface area contributed by atoms with Crippen molar-refractivity contribution in [3.63, 3.8) is 0 Å². The molecule has 142 valence electrons. The molecule has 26 heavy (non-hydrogen) atoms. The molecule has 4 atom stereocenters. The number of amides is 1. The molecule has 3 aliphatic rings.